The first-order valence-electron chi connectivity index (χ1n) is 12.3. The molecular formula is C26H36N2O4. The van der Waals surface area contributed by atoms with E-state index in [4.69, 9.17) is 4.74 Å². The fourth-order valence-corrected chi connectivity index (χ4v) is 8.42. The average molecular weight is 441 g/mol. The summed E-state index contributed by atoms with van der Waals surface area (Å²) in [5.74, 6) is 3.65. The van der Waals surface area contributed by atoms with Crippen LogP contribution in [-0.4, -0.2) is 34.9 Å². The Morgan fingerprint density at radius 1 is 1.06 bits per heavy atom. The van der Waals surface area contributed by atoms with Gasteiger partial charge in [0.1, 0.15) is 11.9 Å². The third-order valence-corrected chi connectivity index (χ3v) is 10.2. The van der Waals surface area contributed by atoms with Gasteiger partial charge in [-0.2, -0.15) is 0 Å². The van der Waals surface area contributed by atoms with Crippen LogP contribution in [0.2, 0.25) is 0 Å². The molecule has 4 aliphatic rings. The van der Waals surface area contributed by atoms with Crippen molar-refractivity contribution >= 4 is 11.6 Å². The van der Waals surface area contributed by atoms with Gasteiger partial charge in [-0.3, -0.25) is 14.9 Å². The molecule has 3 saturated carbocycles. The van der Waals surface area contributed by atoms with E-state index in [1.54, 1.807) is 12.1 Å². The molecule has 1 saturated heterocycles. The molecule has 8 atom stereocenters. The molecule has 1 amide bonds. The minimum atomic E-state index is -0.369. The molecule has 0 aromatic heterocycles. The predicted molar refractivity (Wildman–Crippen MR) is 122 cm³/mol. The van der Waals surface area contributed by atoms with Gasteiger partial charge in [-0.25, -0.2) is 0 Å². The van der Waals surface area contributed by atoms with E-state index in [1.807, 2.05) is 7.05 Å². The molecule has 1 aromatic rings. The maximum atomic E-state index is 12.4. The van der Waals surface area contributed by atoms with E-state index in [0.717, 1.165) is 31.4 Å². The first kappa shape index (κ1) is 21.7. The van der Waals surface area contributed by atoms with Crippen LogP contribution in [0.1, 0.15) is 65.7 Å². The van der Waals surface area contributed by atoms with E-state index in [-0.39, 0.29) is 27.5 Å². The molecule has 4 fully saturated rings. The summed E-state index contributed by atoms with van der Waals surface area (Å²) in [5, 5.41) is 11.0. The highest BCUT2D eigenvalue weighted by Crippen LogP contribution is 2.66. The number of nitro benzene ring substituents is 1. The zero-order chi connectivity index (χ0) is 22.8. The largest absolute Gasteiger partial charge is 0.490 e. The van der Waals surface area contributed by atoms with Crippen LogP contribution in [0.15, 0.2) is 24.3 Å². The summed E-state index contributed by atoms with van der Waals surface area (Å²) in [4.78, 5) is 25.1. The smallest absolute Gasteiger partial charge is 0.269 e. The van der Waals surface area contributed by atoms with E-state index < -0.39 is 0 Å². The van der Waals surface area contributed by atoms with Gasteiger partial charge in [0.15, 0.2) is 0 Å². The maximum absolute atomic E-state index is 12.4. The molecule has 0 radical (unpaired) electrons. The quantitative estimate of drug-likeness (QED) is 0.463. The number of carbonyl (C=O) groups is 1. The number of nitrogens with zero attached hydrogens (tertiary/aromatic N) is 2. The van der Waals surface area contributed by atoms with E-state index in [0.29, 0.717) is 42.0 Å². The first-order chi connectivity index (χ1) is 15.1. The minimum Gasteiger partial charge on any atom is -0.490 e. The van der Waals surface area contributed by atoms with Crippen LogP contribution in [0.25, 0.3) is 0 Å². The van der Waals surface area contributed by atoms with Crippen molar-refractivity contribution in [3.63, 3.8) is 0 Å². The summed E-state index contributed by atoms with van der Waals surface area (Å²) >= 11 is 0. The topological polar surface area (TPSA) is 72.7 Å². The van der Waals surface area contributed by atoms with Gasteiger partial charge >= 0.3 is 0 Å². The summed E-state index contributed by atoms with van der Waals surface area (Å²) in [5.41, 5.74) is 0.457. The van der Waals surface area contributed by atoms with Crippen LogP contribution in [0.5, 0.6) is 5.75 Å². The Balaban J connectivity index is 1.38. The molecule has 0 N–H and O–H groups in total. The highest BCUT2D eigenvalue weighted by Gasteiger charge is 2.63. The number of rotatable bonds is 3. The number of amides is 1. The van der Waals surface area contributed by atoms with Gasteiger partial charge in [0.05, 0.1) is 4.92 Å². The van der Waals surface area contributed by atoms with Crippen molar-refractivity contribution in [2.45, 2.75) is 77.9 Å². The number of carbonyl (C=O) groups excluding carboxylic acids is 1. The van der Waals surface area contributed by atoms with Crippen molar-refractivity contribution < 1.29 is 14.5 Å². The molecule has 3 aliphatic carbocycles. The highest BCUT2D eigenvalue weighted by atomic mass is 16.6. The molecule has 32 heavy (non-hydrogen) atoms. The molecule has 6 heteroatoms. The predicted octanol–water partition coefficient (Wildman–Crippen LogP) is 5.45. The van der Waals surface area contributed by atoms with Crippen molar-refractivity contribution in [2.24, 2.45) is 34.5 Å². The highest BCUT2D eigenvalue weighted by molar-refractivity contribution is 5.77. The summed E-state index contributed by atoms with van der Waals surface area (Å²) < 4.78 is 6.48. The fraction of sp³-hybridized carbons (Fsp3) is 0.731. The molecule has 6 nitrogen and oxygen atoms in total. The van der Waals surface area contributed by atoms with Gasteiger partial charge in [-0.15, -0.1) is 0 Å². The number of likely N-dealkylation sites (tertiary alicyclic amines) is 1. The standard InChI is InChI=1S/C26H36N2O4/c1-16-15-21-25(2,14-12-23(29)27(21)4)20-11-13-26(3)19(24(16)20)9-10-22(26)32-18-7-5-17(6-8-18)28(30)31/h5-8,16,19-22,24H,9-15H2,1-4H3/t16?,19-,20+,21?,22?,24-,25+,26-/m0/s1. The number of hydrogen-bond donors (Lipinski definition) is 0. The van der Waals surface area contributed by atoms with Crippen molar-refractivity contribution in [3.05, 3.63) is 34.4 Å². The van der Waals surface area contributed by atoms with Crippen molar-refractivity contribution in [2.75, 3.05) is 7.05 Å². The van der Waals surface area contributed by atoms with Crippen LogP contribution < -0.4 is 4.74 Å². The van der Waals surface area contributed by atoms with Crippen LogP contribution in [0, 0.1) is 44.6 Å². The third kappa shape index (κ3) is 3.08. The number of hydrogen-bond acceptors (Lipinski definition) is 4. The number of fused-ring (bicyclic) bond motifs is 5. The monoisotopic (exact) mass is 440 g/mol. The lowest BCUT2D eigenvalue weighted by Gasteiger charge is -2.63. The van der Waals surface area contributed by atoms with Gasteiger partial charge in [0, 0.05) is 37.1 Å². The zero-order valence-corrected chi connectivity index (χ0v) is 19.8. The Hall–Kier alpha value is -2.11. The second-order valence-corrected chi connectivity index (χ2v) is 11.5. The summed E-state index contributed by atoms with van der Waals surface area (Å²) in [6.07, 6.45) is 7.58. The van der Waals surface area contributed by atoms with Crippen LogP contribution >= 0.6 is 0 Å². The lowest BCUT2D eigenvalue weighted by molar-refractivity contribution is -0.384. The van der Waals surface area contributed by atoms with E-state index in [9.17, 15) is 14.9 Å². The molecule has 0 spiro atoms. The Morgan fingerprint density at radius 3 is 2.44 bits per heavy atom. The molecule has 3 unspecified atom stereocenters. The van der Waals surface area contributed by atoms with Crippen molar-refractivity contribution in [1.29, 1.82) is 0 Å². The van der Waals surface area contributed by atoms with Crippen LogP contribution in [0.3, 0.4) is 0 Å². The number of piperidine rings is 1. The van der Waals surface area contributed by atoms with Crippen LogP contribution in [-0.2, 0) is 4.79 Å². The number of non-ortho nitro benzene ring substituents is 1. The summed E-state index contributed by atoms with van der Waals surface area (Å²) in [6.45, 7) is 7.31. The Labute approximate surface area is 190 Å². The summed E-state index contributed by atoms with van der Waals surface area (Å²) in [7, 11) is 2.02. The molecular weight excluding hydrogens is 404 g/mol. The Bertz CT molecular complexity index is 917. The van der Waals surface area contributed by atoms with Crippen molar-refractivity contribution in [3.8, 4) is 5.75 Å². The van der Waals surface area contributed by atoms with E-state index >= 15 is 0 Å². The first-order valence-corrected chi connectivity index (χ1v) is 12.3. The van der Waals surface area contributed by atoms with Gasteiger partial charge in [-0.05, 0) is 79.7 Å². The molecule has 1 aromatic carbocycles. The molecule has 174 valence electrons. The SMILES string of the molecule is CC1CC2N(C)C(=O)CC[C@]2(C)[C@@H]2CC[C@]3(C)C(Oc4ccc([N+](=O)[O-])cc4)CC[C@H]3[C@H]12. The number of ether oxygens (including phenoxy) is 1. The maximum Gasteiger partial charge on any atom is 0.269 e. The van der Waals surface area contributed by atoms with Gasteiger partial charge in [-0.1, -0.05) is 20.8 Å². The fourth-order valence-electron chi connectivity index (χ4n) is 8.42. The lowest BCUT2D eigenvalue weighted by Crippen LogP contribution is -2.63. The van der Waals surface area contributed by atoms with Gasteiger partial charge in [0.25, 0.3) is 5.69 Å². The second kappa shape index (κ2) is 7.46. The van der Waals surface area contributed by atoms with Gasteiger partial charge in [0.2, 0.25) is 5.91 Å². The normalized spacial score (nSPS) is 43.2. The number of benzene rings is 1. The second-order valence-electron chi connectivity index (χ2n) is 11.5. The summed E-state index contributed by atoms with van der Waals surface area (Å²) in [6, 6.07) is 6.92. The Kier molecular flexibility index (Phi) is 5.06. The van der Waals surface area contributed by atoms with E-state index in [1.165, 1.54) is 25.0 Å². The average Bonchev–Trinajstić information content (AvgIpc) is 3.09. The van der Waals surface area contributed by atoms with Gasteiger partial charge < -0.3 is 9.64 Å². The molecule has 1 heterocycles. The lowest BCUT2D eigenvalue weighted by atomic mass is 9.45. The Morgan fingerprint density at radius 2 is 1.75 bits per heavy atom. The van der Waals surface area contributed by atoms with E-state index in [2.05, 4.69) is 25.7 Å². The molecule has 0 bridgehead atoms. The van der Waals surface area contributed by atoms with Crippen molar-refractivity contribution in [1.82, 2.24) is 4.90 Å². The number of nitro groups is 1. The third-order valence-electron chi connectivity index (χ3n) is 10.2. The van der Waals surface area contributed by atoms with Crippen LogP contribution in [0.4, 0.5) is 5.69 Å². The molecule has 1 aliphatic heterocycles. The molecule has 5 rings (SSSR count). The zero-order valence-electron chi connectivity index (χ0n) is 19.8. The minimum absolute atomic E-state index is 0.100.